The van der Waals surface area contributed by atoms with E-state index in [0.29, 0.717) is 33.8 Å². The van der Waals surface area contributed by atoms with Gasteiger partial charge in [-0.2, -0.15) is 9.78 Å². The van der Waals surface area contributed by atoms with Gasteiger partial charge in [0.15, 0.2) is 5.65 Å². The molecule has 0 radical (unpaired) electrons. The average molecular weight is 421 g/mol. The fourth-order valence-corrected chi connectivity index (χ4v) is 3.25. The molecule has 0 aliphatic heterocycles. The predicted molar refractivity (Wildman–Crippen MR) is 121 cm³/mol. The number of nitrogens with two attached hydrogens (primary N) is 1. The topological polar surface area (TPSA) is 98.2 Å². The fraction of sp³-hybridized carbons (Fsp3) is 0.182. The number of hydrogen-bond acceptors (Lipinski definition) is 5. The largest absolute Gasteiger partial charge is 0.383 e. The molecule has 2 heterocycles. The van der Waals surface area contributed by atoms with E-state index in [1.54, 1.807) is 18.3 Å². The van der Waals surface area contributed by atoms with Crippen molar-refractivity contribution in [2.45, 2.75) is 19.8 Å². The third kappa shape index (κ3) is 3.84. The number of para-hydroxylation sites is 2. The molecule has 0 saturated carbocycles. The van der Waals surface area contributed by atoms with Gasteiger partial charge in [-0.25, -0.2) is 9.97 Å². The number of carbonyl (C=O) groups excluding carboxylic acids is 1. The SMILES string of the molecule is CCCCNC(=O)c1c(N)n(N=Cc2ccc(Cl)cc2)c2nc3ccccc3nc12. The molecule has 0 spiro atoms. The van der Waals surface area contributed by atoms with Crippen LogP contribution in [-0.2, 0) is 0 Å². The second-order valence-electron chi connectivity index (χ2n) is 6.86. The molecule has 0 bridgehead atoms. The second-order valence-corrected chi connectivity index (χ2v) is 7.30. The highest BCUT2D eigenvalue weighted by molar-refractivity contribution is 6.30. The minimum absolute atomic E-state index is 0.194. The Balaban J connectivity index is 1.85. The first-order valence-electron chi connectivity index (χ1n) is 9.73. The predicted octanol–water partition coefficient (Wildman–Crippen LogP) is 4.23. The Kier molecular flexibility index (Phi) is 5.63. The summed E-state index contributed by atoms with van der Waals surface area (Å²) in [5.41, 5.74) is 9.72. The van der Waals surface area contributed by atoms with Crippen LogP contribution < -0.4 is 11.1 Å². The molecular weight excluding hydrogens is 400 g/mol. The van der Waals surface area contributed by atoms with Gasteiger partial charge in [0, 0.05) is 11.6 Å². The minimum Gasteiger partial charge on any atom is -0.383 e. The summed E-state index contributed by atoms with van der Waals surface area (Å²) in [6.07, 6.45) is 3.50. The van der Waals surface area contributed by atoms with Crippen LogP contribution >= 0.6 is 11.6 Å². The molecule has 2 aromatic heterocycles. The first-order valence-corrected chi connectivity index (χ1v) is 10.1. The van der Waals surface area contributed by atoms with E-state index in [1.165, 1.54) is 4.68 Å². The van der Waals surface area contributed by atoms with Gasteiger partial charge in [0.2, 0.25) is 0 Å². The van der Waals surface area contributed by atoms with Gasteiger partial charge in [0.25, 0.3) is 5.91 Å². The minimum atomic E-state index is -0.282. The fourth-order valence-electron chi connectivity index (χ4n) is 3.13. The molecule has 1 amide bonds. The number of fused-ring (bicyclic) bond motifs is 2. The highest BCUT2D eigenvalue weighted by atomic mass is 35.5. The lowest BCUT2D eigenvalue weighted by molar-refractivity contribution is 0.0955. The molecule has 3 N–H and O–H groups in total. The molecule has 7 nitrogen and oxygen atoms in total. The van der Waals surface area contributed by atoms with Crippen molar-refractivity contribution in [2.24, 2.45) is 5.10 Å². The molecule has 0 atom stereocenters. The van der Waals surface area contributed by atoms with Crippen LogP contribution in [0, 0.1) is 0 Å². The first kappa shape index (κ1) is 19.8. The number of amides is 1. The molecular formula is C22H21ClN6O. The van der Waals surface area contributed by atoms with Crippen LogP contribution in [0.1, 0.15) is 35.7 Å². The van der Waals surface area contributed by atoms with Crippen LogP contribution in [0.4, 0.5) is 5.82 Å². The summed E-state index contributed by atoms with van der Waals surface area (Å²) in [6, 6.07) is 14.7. The molecule has 4 rings (SSSR count). The number of unbranched alkanes of at least 4 members (excludes halogenated alkanes) is 1. The standard InChI is InChI=1S/C22H21ClN6O/c1-2-3-12-25-22(30)18-19-21(28-17-7-5-4-6-16(17)27-19)29(20(18)24)26-13-14-8-10-15(23)11-9-14/h4-11,13H,2-3,12,24H2,1H3,(H,25,30). The van der Waals surface area contributed by atoms with Crippen molar-refractivity contribution in [1.29, 1.82) is 0 Å². The van der Waals surface area contributed by atoms with E-state index in [2.05, 4.69) is 27.3 Å². The zero-order valence-electron chi connectivity index (χ0n) is 16.5. The maximum Gasteiger partial charge on any atom is 0.257 e. The number of nitrogens with zero attached hydrogens (tertiary/aromatic N) is 4. The summed E-state index contributed by atoms with van der Waals surface area (Å²) in [7, 11) is 0. The third-order valence-electron chi connectivity index (χ3n) is 4.71. The summed E-state index contributed by atoms with van der Waals surface area (Å²) in [6.45, 7) is 2.63. The van der Waals surface area contributed by atoms with E-state index in [0.717, 1.165) is 18.4 Å². The van der Waals surface area contributed by atoms with E-state index < -0.39 is 0 Å². The Labute approximate surface area is 178 Å². The third-order valence-corrected chi connectivity index (χ3v) is 4.96. The number of anilines is 1. The summed E-state index contributed by atoms with van der Waals surface area (Å²) >= 11 is 5.95. The lowest BCUT2D eigenvalue weighted by atomic mass is 10.2. The Bertz CT molecular complexity index is 1250. The van der Waals surface area contributed by atoms with Crippen LogP contribution in [0.3, 0.4) is 0 Å². The molecule has 0 aliphatic carbocycles. The van der Waals surface area contributed by atoms with E-state index in [4.69, 9.17) is 17.3 Å². The molecule has 30 heavy (non-hydrogen) atoms. The van der Waals surface area contributed by atoms with E-state index >= 15 is 0 Å². The van der Waals surface area contributed by atoms with Crippen molar-refractivity contribution in [3.8, 4) is 0 Å². The van der Waals surface area contributed by atoms with Crippen LogP contribution in [0.25, 0.3) is 22.2 Å². The number of rotatable bonds is 6. The van der Waals surface area contributed by atoms with Gasteiger partial charge in [-0.3, -0.25) is 4.79 Å². The highest BCUT2D eigenvalue weighted by Gasteiger charge is 2.23. The highest BCUT2D eigenvalue weighted by Crippen LogP contribution is 2.27. The number of carbonyl (C=O) groups is 1. The smallest absolute Gasteiger partial charge is 0.257 e. The average Bonchev–Trinajstić information content (AvgIpc) is 3.02. The number of nitrogens with one attached hydrogen (secondary N) is 1. The van der Waals surface area contributed by atoms with Crippen molar-refractivity contribution < 1.29 is 4.79 Å². The first-order chi connectivity index (χ1) is 14.6. The van der Waals surface area contributed by atoms with Crippen LogP contribution in [-0.4, -0.2) is 33.3 Å². The van der Waals surface area contributed by atoms with Gasteiger partial charge >= 0.3 is 0 Å². The monoisotopic (exact) mass is 420 g/mol. The van der Waals surface area contributed by atoms with Crippen molar-refractivity contribution >= 4 is 51.7 Å². The zero-order chi connectivity index (χ0) is 21.1. The number of benzene rings is 2. The van der Waals surface area contributed by atoms with E-state index in [1.807, 2.05) is 36.4 Å². The number of halogens is 1. The summed E-state index contributed by atoms with van der Waals surface area (Å²) in [4.78, 5) is 22.2. The molecule has 2 aromatic carbocycles. The van der Waals surface area contributed by atoms with Crippen LogP contribution in [0.15, 0.2) is 53.6 Å². The number of hydrogen-bond donors (Lipinski definition) is 2. The Hall–Kier alpha value is -3.45. The van der Waals surface area contributed by atoms with E-state index in [9.17, 15) is 4.79 Å². The molecule has 0 fully saturated rings. The maximum absolute atomic E-state index is 12.9. The molecule has 152 valence electrons. The van der Waals surface area contributed by atoms with Gasteiger partial charge in [-0.15, -0.1) is 0 Å². The van der Waals surface area contributed by atoms with Gasteiger partial charge in [0.05, 0.1) is 17.2 Å². The zero-order valence-corrected chi connectivity index (χ0v) is 17.2. The van der Waals surface area contributed by atoms with Gasteiger partial charge in [0.1, 0.15) is 16.9 Å². The lowest BCUT2D eigenvalue weighted by Crippen LogP contribution is -2.25. The number of aromatic nitrogens is 3. The molecule has 8 heteroatoms. The van der Waals surface area contributed by atoms with E-state index in [-0.39, 0.29) is 17.3 Å². The van der Waals surface area contributed by atoms with Crippen molar-refractivity contribution in [3.63, 3.8) is 0 Å². The quantitative estimate of drug-likeness (QED) is 0.360. The van der Waals surface area contributed by atoms with Crippen LogP contribution in [0.5, 0.6) is 0 Å². The summed E-state index contributed by atoms with van der Waals surface area (Å²) in [5.74, 6) is -0.0875. The van der Waals surface area contributed by atoms with Crippen LogP contribution in [0.2, 0.25) is 5.02 Å². The van der Waals surface area contributed by atoms with Crippen molar-refractivity contribution in [1.82, 2.24) is 20.0 Å². The molecule has 0 unspecified atom stereocenters. The van der Waals surface area contributed by atoms with Gasteiger partial charge in [-0.1, -0.05) is 49.2 Å². The Morgan fingerprint density at radius 2 is 1.87 bits per heavy atom. The Morgan fingerprint density at radius 1 is 1.17 bits per heavy atom. The summed E-state index contributed by atoms with van der Waals surface area (Å²) < 4.78 is 1.46. The normalized spacial score (nSPS) is 11.5. The van der Waals surface area contributed by atoms with Gasteiger partial charge in [-0.05, 0) is 36.2 Å². The number of nitrogen functional groups attached to an aromatic ring is 1. The van der Waals surface area contributed by atoms with Crippen molar-refractivity contribution in [2.75, 3.05) is 12.3 Å². The molecule has 0 saturated heterocycles. The lowest BCUT2D eigenvalue weighted by Gasteiger charge is -2.04. The van der Waals surface area contributed by atoms with Crippen molar-refractivity contribution in [3.05, 3.63) is 64.7 Å². The van der Waals surface area contributed by atoms with Gasteiger partial charge < -0.3 is 11.1 Å². The maximum atomic E-state index is 12.9. The summed E-state index contributed by atoms with van der Waals surface area (Å²) in [5, 5.41) is 8.03. The molecule has 0 aliphatic rings. The second kappa shape index (κ2) is 8.51. The molecule has 4 aromatic rings. The Morgan fingerprint density at radius 3 is 2.57 bits per heavy atom.